The van der Waals surface area contributed by atoms with Gasteiger partial charge in [0.2, 0.25) is 0 Å². The third-order valence-corrected chi connectivity index (χ3v) is 10.4. The van der Waals surface area contributed by atoms with E-state index in [-0.39, 0.29) is 17.2 Å². The molecule has 3 aliphatic heterocycles. The van der Waals surface area contributed by atoms with Gasteiger partial charge in [0, 0.05) is 19.0 Å². The number of hydrogen-bond acceptors (Lipinski definition) is 9. The van der Waals surface area contributed by atoms with E-state index >= 15 is 0 Å². The second-order valence-corrected chi connectivity index (χ2v) is 14.4. The van der Waals surface area contributed by atoms with E-state index in [9.17, 15) is 8.42 Å². The number of aliphatic imine (C=N–C) groups is 1. The number of benzene rings is 2. The summed E-state index contributed by atoms with van der Waals surface area (Å²) >= 11 is 0. The highest BCUT2D eigenvalue weighted by atomic mass is 32.2. The highest BCUT2D eigenvalue weighted by molar-refractivity contribution is 7.92. The predicted molar refractivity (Wildman–Crippen MR) is 171 cm³/mol. The molecule has 0 saturated carbocycles. The molecule has 5 N–H and O–H groups in total. The number of anilines is 2. The Bertz CT molecular complexity index is 1540. The molecule has 0 aromatic heterocycles. The van der Waals surface area contributed by atoms with Gasteiger partial charge in [0.25, 0.3) is 0 Å². The third kappa shape index (κ3) is 6.07. The fourth-order valence-electron chi connectivity index (χ4n) is 5.79. The van der Waals surface area contributed by atoms with Crippen LogP contribution in [0.25, 0.3) is 0 Å². The minimum Gasteiger partial charge on any atom is -0.489 e. The van der Waals surface area contributed by atoms with Gasteiger partial charge in [0.15, 0.2) is 9.84 Å². The fraction of sp³-hybridized carbons (Fsp3) is 0.469. The molecule has 0 amide bonds. The third-order valence-electron chi connectivity index (χ3n) is 8.20. The van der Waals surface area contributed by atoms with Crippen LogP contribution in [-0.4, -0.2) is 56.7 Å². The smallest absolute Gasteiger partial charge is 0.182 e. The van der Waals surface area contributed by atoms with E-state index in [1.165, 1.54) is 11.1 Å². The molecule has 10 heteroatoms. The van der Waals surface area contributed by atoms with Crippen LogP contribution in [0.2, 0.25) is 0 Å². The Kier molecular flexibility index (Phi) is 8.68. The second kappa shape index (κ2) is 12.1. The van der Waals surface area contributed by atoms with E-state index in [4.69, 9.17) is 15.5 Å². The molecule has 5 rings (SSSR count). The number of hydrogen-bond donors (Lipinski definition) is 4. The van der Waals surface area contributed by atoms with Crippen LogP contribution in [0.1, 0.15) is 64.0 Å². The minimum absolute atomic E-state index is 0.0212. The molecule has 3 aliphatic rings. The summed E-state index contributed by atoms with van der Waals surface area (Å²) in [5.74, 6) is 2.73. The minimum atomic E-state index is -3.50. The molecule has 1 saturated heterocycles. The number of fused-ring (bicyclic) bond motifs is 1. The highest BCUT2D eigenvalue weighted by Gasteiger charge is 2.32. The monoisotopic (exact) mass is 592 g/mol. The maximum absolute atomic E-state index is 13.1. The van der Waals surface area contributed by atoms with Gasteiger partial charge >= 0.3 is 0 Å². The summed E-state index contributed by atoms with van der Waals surface area (Å²) in [6, 6.07) is 11.4. The van der Waals surface area contributed by atoms with Crippen LogP contribution in [0.5, 0.6) is 5.75 Å². The van der Waals surface area contributed by atoms with Crippen molar-refractivity contribution in [3.05, 3.63) is 70.8 Å². The van der Waals surface area contributed by atoms with Gasteiger partial charge in [0.1, 0.15) is 17.4 Å². The number of piperidine rings is 1. The lowest BCUT2D eigenvalue weighted by Gasteiger charge is -2.35. The van der Waals surface area contributed by atoms with Crippen molar-refractivity contribution in [1.29, 1.82) is 0 Å². The van der Waals surface area contributed by atoms with Crippen LogP contribution in [0.3, 0.4) is 0 Å². The van der Waals surface area contributed by atoms with Crippen LogP contribution in [-0.2, 0) is 9.84 Å². The van der Waals surface area contributed by atoms with Crippen molar-refractivity contribution in [3.8, 4) is 5.75 Å². The summed E-state index contributed by atoms with van der Waals surface area (Å²) in [7, 11) is -1.59. The van der Waals surface area contributed by atoms with E-state index < -0.39 is 15.1 Å². The first kappa shape index (κ1) is 30.1. The molecule has 9 nitrogen and oxygen atoms in total. The average Bonchev–Trinajstić information content (AvgIpc) is 3.34. The highest BCUT2D eigenvalue weighted by Crippen LogP contribution is 2.38. The van der Waals surface area contributed by atoms with Gasteiger partial charge in [-0.3, -0.25) is 0 Å². The molecule has 0 aliphatic carbocycles. The topological polar surface area (TPSA) is 121 Å². The largest absolute Gasteiger partial charge is 0.489 e. The number of allylic oxidation sites excluding steroid dienone is 2. The van der Waals surface area contributed by atoms with Crippen molar-refractivity contribution < 1.29 is 13.2 Å². The molecular formula is C32H44N6O3S. The maximum atomic E-state index is 13.1. The normalized spacial score (nSPS) is 19.6. The molecule has 1 atom stereocenters. The van der Waals surface area contributed by atoms with Gasteiger partial charge in [-0.2, -0.15) is 0 Å². The number of nitrogens with one attached hydrogen (secondary N) is 3. The number of para-hydroxylation sites is 1. The van der Waals surface area contributed by atoms with E-state index in [0.717, 1.165) is 48.7 Å². The van der Waals surface area contributed by atoms with Crippen molar-refractivity contribution >= 4 is 26.9 Å². The molecule has 0 spiro atoms. The lowest BCUT2D eigenvalue weighted by Crippen LogP contribution is -2.46. The van der Waals surface area contributed by atoms with Crippen LogP contribution >= 0.6 is 0 Å². The summed E-state index contributed by atoms with van der Waals surface area (Å²) in [5.41, 5.74) is 12.2. The standard InChI is InChI=1S/C32H44N6O3S/c1-19(2)41-28-16-23(22-11-13-34-14-12-22)21(5)15-27(28)36-31-17-24-26(35-31)18-30(33)38(6)32(24)37-25-9-7-8-10-29(25)42(39,40)20(3)4/h7-10,15-17,19-20,22,30,34,36-37H,11-14,18,33H2,1-6H3. The molecule has 0 bridgehead atoms. The molecule has 42 heavy (non-hydrogen) atoms. The molecular weight excluding hydrogens is 548 g/mol. The number of rotatable bonds is 9. The molecule has 2 aromatic rings. The molecule has 0 radical (unpaired) electrons. The van der Waals surface area contributed by atoms with Gasteiger partial charge in [-0.15, -0.1) is 0 Å². The second-order valence-electron chi connectivity index (χ2n) is 12.0. The SMILES string of the molecule is Cc1cc(NC2=CC3=C(Nc4ccccc4S(=O)(=O)C(C)C)N(C)C(N)CC3=N2)c(OC(C)C)cc1C1CCNCC1. The summed E-state index contributed by atoms with van der Waals surface area (Å²) in [6.45, 7) is 11.7. The van der Waals surface area contributed by atoms with Crippen molar-refractivity contribution in [1.82, 2.24) is 10.2 Å². The number of ether oxygens (including phenoxy) is 1. The summed E-state index contributed by atoms with van der Waals surface area (Å²) in [5, 5.41) is 9.84. The summed E-state index contributed by atoms with van der Waals surface area (Å²) in [4.78, 5) is 7.13. The molecule has 3 heterocycles. The van der Waals surface area contributed by atoms with E-state index in [1.54, 1.807) is 32.0 Å². The maximum Gasteiger partial charge on any atom is 0.182 e. The zero-order valence-corrected chi connectivity index (χ0v) is 26.3. The van der Waals surface area contributed by atoms with E-state index in [2.05, 4.69) is 35.0 Å². The molecule has 1 fully saturated rings. The van der Waals surface area contributed by atoms with Crippen LogP contribution in [0, 0.1) is 6.92 Å². The number of nitrogens with two attached hydrogens (primary N) is 1. The number of aryl methyl sites for hydroxylation is 1. The molecule has 1 unspecified atom stereocenters. The average molecular weight is 593 g/mol. The number of nitrogens with zero attached hydrogens (tertiary/aromatic N) is 2. The lowest BCUT2D eigenvalue weighted by molar-refractivity contribution is 0.243. The van der Waals surface area contributed by atoms with Gasteiger partial charge in [-0.05, 0) is 108 Å². The Hall–Kier alpha value is -3.34. The summed E-state index contributed by atoms with van der Waals surface area (Å²) < 4.78 is 32.6. The zero-order valence-electron chi connectivity index (χ0n) is 25.5. The van der Waals surface area contributed by atoms with Crippen LogP contribution < -0.4 is 26.4 Å². The van der Waals surface area contributed by atoms with Gasteiger partial charge < -0.3 is 31.3 Å². The van der Waals surface area contributed by atoms with Crippen molar-refractivity contribution in [2.75, 3.05) is 30.8 Å². The lowest BCUT2D eigenvalue weighted by atomic mass is 9.87. The molecule has 2 aromatic carbocycles. The Balaban J connectivity index is 1.50. The van der Waals surface area contributed by atoms with Gasteiger partial charge in [-0.25, -0.2) is 13.4 Å². The van der Waals surface area contributed by atoms with Gasteiger partial charge in [-0.1, -0.05) is 12.1 Å². The van der Waals surface area contributed by atoms with Crippen LogP contribution in [0.15, 0.2) is 69.6 Å². The van der Waals surface area contributed by atoms with Crippen molar-refractivity contribution in [2.24, 2.45) is 10.7 Å². The van der Waals surface area contributed by atoms with Gasteiger partial charge in [0.05, 0.1) is 39.5 Å². The Morgan fingerprint density at radius 3 is 2.48 bits per heavy atom. The first-order valence-corrected chi connectivity index (χ1v) is 16.4. The summed E-state index contributed by atoms with van der Waals surface area (Å²) in [6.07, 6.45) is 4.50. The quantitative estimate of drug-likeness (QED) is 0.318. The Morgan fingerprint density at radius 1 is 1.07 bits per heavy atom. The van der Waals surface area contributed by atoms with Crippen molar-refractivity contribution in [2.45, 2.75) is 82.2 Å². The van der Waals surface area contributed by atoms with E-state index in [1.807, 2.05) is 37.9 Å². The Labute approximate surface area is 250 Å². The molecule has 226 valence electrons. The zero-order chi connectivity index (χ0) is 30.2. The predicted octanol–water partition coefficient (Wildman–Crippen LogP) is 5.08. The van der Waals surface area contributed by atoms with Crippen molar-refractivity contribution in [3.63, 3.8) is 0 Å². The Morgan fingerprint density at radius 2 is 1.79 bits per heavy atom. The van der Waals surface area contributed by atoms with E-state index in [0.29, 0.717) is 29.7 Å². The fourth-order valence-corrected chi connectivity index (χ4v) is 6.99. The number of sulfone groups is 1. The van der Waals surface area contributed by atoms with Crippen LogP contribution in [0.4, 0.5) is 11.4 Å². The first-order valence-electron chi connectivity index (χ1n) is 14.9. The first-order chi connectivity index (χ1) is 20.0.